The fourth-order valence-corrected chi connectivity index (χ4v) is 3.35. The number of benzene rings is 2. The van der Waals surface area contributed by atoms with E-state index in [1.807, 2.05) is 25.1 Å². The molecule has 0 atom stereocenters. The van der Waals surface area contributed by atoms with Gasteiger partial charge in [0.25, 0.3) is 0 Å². The first-order chi connectivity index (χ1) is 11.9. The van der Waals surface area contributed by atoms with Gasteiger partial charge in [-0.1, -0.05) is 35.0 Å². The van der Waals surface area contributed by atoms with Crippen LogP contribution in [-0.2, 0) is 22.3 Å². The number of halogens is 1. The summed E-state index contributed by atoms with van der Waals surface area (Å²) in [5, 5.41) is 3.77. The lowest BCUT2D eigenvalue weighted by atomic mass is 10.2. The first-order valence-corrected chi connectivity index (χ1v) is 9.18. The van der Waals surface area contributed by atoms with Crippen LogP contribution < -0.4 is 4.72 Å². The van der Waals surface area contributed by atoms with Crippen molar-refractivity contribution in [2.24, 2.45) is 0 Å². The van der Waals surface area contributed by atoms with Crippen molar-refractivity contribution in [3.05, 3.63) is 71.4 Å². The minimum Gasteiger partial charge on any atom is -0.338 e. The highest BCUT2D eigenvalue weighted by molar-refractivity contribution is 7.88. The molecule has 3 aromatic rings. The number of rotatable bonds is 6. The number of nitrogens with one attached hydrogen (secondary N) is 1. The average molecular weight is 361 g/mol. The molecule has 2 aromatic carbocycles. The molecule has 1 heterocycles. The molecule has 0 aliphatic heterocycles. The fourth-order valence-electron chi connectivity index (χ4n) is 2.29. The van der Waals surface area contributed by atoms with Crippen molar-refractivity contribution in [2.45, 2.75) is 19.2 Å². The third-order valence-corrected chi connectivity index (χ3v) is 4.75. The highest BCUT2D eigenvalue weighted by atomic mass is 32.2. The summed E-state index contributed by atoms with van der Waals surface area (Å²) in [6.45, 7) is 1.79. The Hall–Kier alpha value is -2.58. The van der Waals surface area contributed by atoms with Gasteiger partial charge in [0.15, 0.2) is 0 Å². The summed E-state index contributed by atoms with van der Waals surface area (Å²) in [5.41, 5.74) is 2.28. The van der Waals surface area contributed by atoms with Gasteiger partial charge in [-0.2, -0.15) is 4.98 Å². The molecule has 0 unspecified atom stereocenters. The van der Waals surface area contributed by atoms with Crippen LogP contribution in [0, 0.1) is 12.7 Å². The zero-order valence-electron chi connectivity index (χ0n) is 13.4. The first-order valence-electron chi connectivity index (χ1n) is 7.53. The summed E-state index contributed by atoms with van der Waals surface area (Å²) >= 11 is 0. The largest absolute Gasteiger partial charge is 0.338 e. The highest BCUT2D eigenvalue weighted by Gasteiger charge is 2.15. The number of aryl methyl sites for hydroxylation is 1. The van der Waals surface area contributed by atoms with Gasteiger partial charge in [0, 0.05) is 5.56 Å². The molecule has 0 aliphatic rings. The van der Waals surface area contributed by atoms with Crippen LogP contribution >= 0.6 is 0 Å². The summed E-state index contributed by atoms with van der Waals surface area (Å²) in [4.78, 5) is 4.11. The van der Waals surface area contributed by atoms with E-state index in [-0.39, 0.29) is 29.8 Å². The topological polar surface area (TPSA) is 85.1 Å². The Balaban J connectivity index is 1.64. The van der Waals surface area contributed by atoms with Gasteiger partial charge in [0.1, 0.15) is 5.82 Å². The summed E-state index contributed by atoms with van der Waals surface area (Å²) < 4.78 is 44.7. The lowest BCUT2D eigenvalue weighted by molar-refractivity contribution is 0.376. The molecule has 0 bridgehead atoms. The molecule has 0 saturated heterocycles. The van der Waals surface area contributed by atoms with E-state index in [0.29, 0.717) is 11.1 Å². The van der Waals surface area contributed by atoms with Crippen molar-refractivity contribution in [1.29, 1.82) is 0 Å². The number of sulfonamides is 1. The minimum absolute atomic E-state index is 0.109. The standard InChI is InChI=1S/C17H16FN3O3S/c1-12-3-2-4-13(9-12)11-25(22,23)19-10-16-20-17(21-24-16)14-5-7-15(18)8-6-14/h2-9,19H,10-11H2,1H3. The fraction of sp³-hybridized carbons (Fsp3) is 0.176. The molecule has 0 saturated carbocycles. The first kappa shape index (κ1) is 17.2. The number of nitrogens with zero attached hydrogens (tertiary/aromatic N) is 2. The second-order valence-electron chi connectivity index (χ2n) is 5.59. The maximum absolute atomic E-state index is 12.9. The Morgan fingerprint density at radius 1 is 1.16 bits per heavy atom. The van der Waals surface area contributed by atoms with E-state index in [2.05, 4.69) is 14.9 Å². The summed E-state index contributed by atoms with van der Waals surface area (Å²) in [5.74, 6) is -0.0930. The van der Waals surface area contributed by atoms with Crippen LogP contribution in [0.2, 0.25) is 0 Å². The molecule has 0 radical (unpaired) electrons. The van der Waals surface area contributed by atoms with Gasteiger partial charge >= 0.3 is 0 Å². The number of aromatic nitrogens is 2. The SMILES string of the molecule is Cc1cccc(CS(=O)(=O)NCc2nc(-c3ccc(F)cc3)no2)c1. The van der Waals surface area contributed by atoms with Gasteiger partial charge in [-0.15, -0.1) is 0 Å². The van der Waals surface area contributed by atoms with Crippen LogP contribution in [-0.4, -0.2) is 18.6 Å². The maximum atomic E-state index is 12.9. The highest BCUT2D eigenvalue weighted by Crippen LogP contribution is 2.16. The third kappa shape index (κ3) is 4.71. The van der Waals surface area contributed by atoms with E-state index in [9.17, 15) is 12.8 Å². The van der Waals surface area contributed by atoms with E-state index in [1.165, 1.54) is 24.3 Å². The molecule has 3 rings (SSSR count). The van der Waals surface area contributed by atoms with E-state index < -0.39 is 10.0 Å². The smallest absolute Gasteiger partial charge is 0.242 e. The Labute approximate surface area is 144 Å². The van der Waals surface area contributed by atoms with Gasteiger partial charge in [-0.25, -0.2) is 17.5 Å². The van der Waals surface area contributed by atoms with E-state index in [0.717, 1.165) is 5.56 Å². The molecule has 130 valence electrons. The molecule has 25 heavy (non-hydrogen) atoms. The van der Waals surface area contributed by atoms with Crippen LogP contribution in [0.15, 0.2) is 53.1 Å². The Kier molecular flexibility index (Phi) is 4.91. The van der Waals surface area contributed by atoms with E-state index in [4.69, 9.17) is 4.52 Å². The second-order valence-corrected chi connectivity index (χ2v) is 7.39. The van der Waals surface area contributed by atoms with Gasteiger partial charge < -0.3 is 4.52 Å². The van der Waals surface area contributed by atoms with Gasteiger partial charge in [-0.05, 0) is 36.8 Å². The van der Waals surface area contributed by atoms with Crippen LogP contribution in [0.4, 0.5) is 4.39 Å². The lowest BCUT2D eigenvalue weighted by Gasteiger charge is -2.05. The summed E-state index contributed by atoms with van der Waals surface area (Å²) in [6.07, 6.45) is 0. The molecule has 0 fully saturated rings. The molecular weight excluding hydrogens is 345 g/mol. The molecule has 1 N–H and O–H groups in total. The summed E-state index contributed by atoms with van der Waals surface area (Å²) in [6, 6.07) is 12.9. The van der Waals surface area contributed by atoms with Crippen LogP contribution in [0.5, 0.6) is 0 Å². The predicted octanol–water partition coefficient (Wildman–Crippen LogP) is 2.80. The quantitative estimate of drug-likeness (QED) is 0.730. The Morgan fingerprint density at radius 3 is 2.64 bits per heavy atom. The molecule has 1 aromatic heterocycles. The van der Waals surface area contributed by atoms with E-state index in [1.54, 1.807) is 6.07 Å². The van der Waals surface area contributed by atoms with Crippen molar-refractivity contribution in [3.8, 4) is 11.4 Å². The van der Waals surface area contributed by atoms with Crippen molar-refractivity contribution >= 4 is 10.0 Å². The van der Waals surface area contributed by atoms with Crippen molar-refractivity contribution in [1.82, 2.24) is 14.9 Å². The van der Waals surface area contributed by atoms with Gasteiger partial charge in [0.05, 0.1) is 12.3 Å². The minimum atomic E-state index is -3.54. The van der Waals surface area contributed by atoms with Crippen molar-refractivity contribution in [2.75, 3.05) is 0 Å². The monoisotopic (exact) mass is 361 g/mol. The van der Waals surface area contributed by atoms with E-state index >= 15 is 0 Å². The normalized spacial score (nSPS) is 11.6. The van der Waals surface area contributed by atoms with Gasteiger partial charge in [-0.3, -0.25) is 0 Å². The molecule has 8 heteroatoms. The number of hydrogen-bond acceptors (Lipinski definition) is 5. The number of hydrogen-bond donors (Lipinski definition) is 1. The maximum Gasteiger partial charge on any atom is 0.242 e. The molecule has 6 nitrogen and oxygen atoms in total. The zero-order chi connectivity index (χ0) is 17.9. The molecular formula is C17H16FN3O3S. The Bertz CT molecular complexity index is 969. The van der Waals surface area contributed by atoms with Crippen LogP contribution in [0.1, 0.15) is 17.0 Å². The third-order valence-electron chi connectivity index (χ3n) is 3.45. The van der Waals surface area contributed by atoms with Gasteiger partial charge in [0.2, 0.25) is 21.7 Å². The zero-order valence-corrected chi connectivity index (χ0v) is 14.3. The van der Waals surface area contributed by atoms with Crippen molar-refractivity contribution in [3.63, 3.8) is 0 Å². The summed E-state index contributed by atoms with van der Waals surface area (Å²) in [7, 11) is -3.54. The second kappa shape index (κ2) is 7.12. The molecule has 0 amide bonds. The van der Waals surface area contributed by atoms with Crippen LogP contribution in [0.3, 0.4) is 0 Å². The predicted molar refractivity (Wildman–Crippen MR) is 90.3 cm³/mol. The van der Waals surface area contributed by atoms with Crippen LogP contribution in [0.25, 0.3) is 11.4 Å². The Morgan fingerprint density at radius 2 is 1.92 bits per heavy atom. The molecule has 0 spiro atoms. The van der Waals surface area contributed by atoms with Crippen molar-refractivity contribution < 1.29 is 17.3 Å². The molecule has 0 aliphatic carbocycles. The lowest BCUT2D eigenvalue weighted by Crippen LogP contribution is -2.24. The average Bonchev–Trinajstić information content (AvgIpc) is 3.02.